The molecule has 0 spiro atoms. The van der Waals surface area contributed by atoms with Gasteiger partial charge in [0.2, 0.25) is 5.91 Å². The van der Waals surface area contributed by atoms with Gasteiger partial charge in [0, 0.05) is 55.3 Å². The van der Waals surface area contributed by atoms with Crippen molar-refractivity contribution in [1.29, 1.82) is 0 Å². The van der Waals surface area contributed by atoms with Crippen LogP contribution in [0.25, 0.3) is 33.5 Å². The minimum absolute atomic E-state index is 0.0629. The minimum atomic E-state index is -0.241. The number of amides is 1. The van der Waals surface area contributed by atoms with E-state index >= 15 is 0 Å². The van der Waals surface area contributed by atoms with Crippen LogP contribution >= 0.6 is 0 Å². The predicted octanol–water partition coefficient (Wildman–Crippen LogP) is 6.23. The molecule has 0 aliphatic carbocycles. The highest BCUT2D eigenvalue weighted by Gasteiger charge is 2.24. The fourth-order valence-corrected chi connectivity index (χ4v) is 6.61. The van der Waals surface area contributed by atoms with E-state index in [-0.39, 0.29) is 28.9 Å². The van der Waals surface area contributed by atoms with E-state index in [0.717, 1.165) is 65.8 Å². The minimum Gasteiger partial charge on any atom is -0.508 e. The number of phenols is 1. The Balaban J connectivity index is 1.08. The normalized spacial score (nSPS) is 13.9. The number of rotatable bonds is 9. The lowest BCUT2D eigenvalue weighted by atomic mass is 10.0. The molecule has 7 rings (SSSR count). The molecule has 0 radical (unpaired) electrons. The van der Waals surface area contributed by atoms with Crippen molar-refractivity contribution in [2.45, 2.75) is 45.2 Å². The number of aromatic amines is 2. The van der Waals surface area contributed by atoms with E-state index < -0.39 is 0 Å². The molecular formula is C39H38N6O4. The van der Waals surface area contributed by atoms with Crippen LogP contribution in [-0.4, -0.2) is 48.5 Å². The lowest BCUT2D eigenvalue weighted by Gasteiger charge is -2.32. The number of carbonyl (C=O) groups excluding carboxylic acids is 1. The number of nitrogens with zero attached hydrogens (tertiary/aromatic N) is 3. The Morgan fingerprint density at radius 2 is 1.59 bits per heavy atom. The number of nitrogens with one attached hydrogen (secondary N) is 3. The van der Waals surface area contributed by atoms with Gasteiger partial charge >= 0.3 is 5.69 Å². The number of aromatic hydroxyl groups is 1. The number of fused-ring (bicyclic) bond motifs is 1. The number of carbonyl (C=O) groups is 1. The quantitative estimate of drug-likeness (QED) is 0.146. The SMILES string of the molecule is CCC(=O)Nc1ccc2[nH]c(=O)n(C3CCN(Cc4ccc(-c5nc(Cc6ccc(O)cc6)c(=O)[nH]c5-c5ccccc5)cc4)CC3)c2c1. The van der Waals surface area contributed by atoms with Crippen molar-refractivity contribution in [2.24, 2.45) is 0 Å². The van der Waals surface area contributed by atoms with E-state index in [4.69, 9.17) is 4.98 Å². The molecule has 3 heterocycles. The first kappa shape index (κ1) is 31.8. The molecule has 0 bridgehead atoms. The number of likely N-dealkylation sites (tertiary alicyclic amines) is 1. The number of hydrogen-bond donors (Lipinski definition) is 4. The van der Waals surface area contributed by atoms with Gasteiger partial charge in [0.1, 0.15) is 11.4 Å². The van der Waals surface area contributed by atoms with Crippen LogP contribution in [-0.2, 0) is 17.8 Å². The van der Waals surface area contributed by atoms with Crippen LogP contribution in [0.4, 0.5) is 5.69 Å². The summed E-state index contributed by atoms with van der Waals surface area (Å²) >= 11 is 0. The molecule has 10 nitrogen and oxygen atoms in total. The Morgan fingerprint density at radius 1 is 0.878 bits per heavy atom. The van der Waals surface area contributed by atoms with Crippen molar-refractivity contribution in [2.75, 3.05) is 18.4 Å². The Hall–Kier alpha value is -5.74. The molecule has 49 heavy (non-hydrogen) atoms. The lowest BCUT2D eigenvalue weighted by molar-refractivity contribution is -0.115. The molecule has 6 aromatic rings. The molecular weight excluding hydrogens is 616 g/mol. The van der Waals surface area contributed by atoms with Gasteiger partial charge in [-0.2, -0.15) is 0 Å². The van der Waals surface area contributed by atoms with Crippen LogP contribution < -0.4 is 16.6 Å². The van der Waals surface area contributed by atoms with Crippen LogP contribution in [0.1, 0.15) is 49.0 Å². The third-order valence-electron chi connectivity index (χ3n) is 9.23. The number of imidazole rings is 1. The van der Waals surface area contributed by atoms with Crippen molar-refractivity contribution in [3.05, 3.63) is 135 Å². The summed E-state index contributed by atoms with van der Waals surface area (Å²) in [6.45, 7) is 4.28. The molecule has 0 unspecified atom stereocenters. The Morgan fingerprint density at radius 3 is 2.31 bits per heavy atom. The number of phenolic OH excluding ortho intramolecular Hbond substituents is 1. The largest absolute Gasteiger partial charge is 0.508 e. The number of piperidine rings is 1. The Bertz CT molecular complexity index is 2210. The summed E-state index contributed by atoms with van der Waals surface area (Å²) in [5, 5.41) is 12.6. The molecule has 0 atom stereocenters. The van der Waals surface area contributed by atoms with Crippen molar-refractivity contribution in [3.63, 3.8) is 0 Å². The standard InChI is InChI=1S/C39H38N6O4/c1-2-35(47)40-29-14-17-32-34(23-29)45(39(49)42-32)30-18-20-44(21-19-30)24-26-8-12-28(13-9-26)36-37(27-6-4-3-5-7-27)43-38(48)33(41-36)22-25-10-15-31(46)16-11-25/h3-17,23,30,46H,2,18-22,24H2,1H3,(H,40,47)(H,42,49)(H,43,48). The first-order valence-corrected chi connectivity index (χ1v) is 16.7. The number of anilines is 1. The summed E-state index contributed by atoms with van der Waals surface area (Å²) in [5.41, 5.74) is 7.50. The molecule has 0 saturated carbocycles. The molecule has 1 amide bonds. The summed E-state index contributed by atoms with van der Waals surface area (Å²) in [4.78, 5) is 51.5. The Labute approximate surface area is 283 Å². The maximum Gasteiger partial charge on any atom is 0.326 e. The summed E-state index contributed by atoms with van der Waals surface area (Å²) in [7, 11) is 0. The molecule has 10 heteroatoms. The average molecular weight is 655 g/mol. The van der Waals surface area contributed by atoms with Crippen molar-refractivity contribution in [3.8, 4) is 28.3 Å². The van der Waals surface area contributed by atoms with Crippen LogP contribution in [0.5, 0.6) is 5.75 Å². The topological polar surface area (TPSA) is 136 Å². The van der Waals surface area contributed by atoms with Gasteiger partial charge < -0.3 is 20.4 Å². The van der Waals surface area contributed by atoms with E-state index in [0.29, 0.717) is 35.6 Å². The molecule has 248 valence electrons. The third kappa shape index (κ3) is 6.95. The van der Waals surface area contributed by atoms with Crippen LogP contribution in [0.15, 0.2) is 107 Å². The molecule has 1 fully saturated rings. The number of benzene rings is 4. The highest BCUT2D eigenvalue weighted by atomic mass is 16.3. The Kier molecular flexibility index (Phi) is 8.95. The molecule has 1 saturated heterocycles. The fraction of sp³-hybridized carbons (Fsp3) is 0.231. The zero-order valence-electron chi connectivity index (χ0n) is 27.3. The monoisotopic (exact) mass is 654 g/mol. The van der Waals surface area contributed by atoms with Gasteiger partial charge in [-0.15, -0.1) is 0 Å². The summed E-state index contributed by atoms with van der Waals surface area (Å²) < 4.78 is 1.85. The highest BCUT2D eigenvalue weighted by Crippen LogP contribution is 2.30. The molecule has 4 aromatic carbocycles. The van der Waals surface area contributed by atoms with Crippen LogP contribution in [0.2, 0.25) is 0 Å². The van der Waals surface area contributed by atoms with Crippen molar-refractivity contribution >= 4 is 22.6 Å². The molecule has 1 aliphatic rings. The predicted molar refractivity (Wildman–Crippen MR) is 192 cm³/mol. The second-order valence-corrected chi connectivity index (χ2v) is 12.6. The smallest absolute Gasteiger partial charge is 0.326 e. The maximum absolute atomic E-state index is 13.2. The van der Waals surface area contributed by atoms with E-state index in [2.05, 4.69) is 44.5 Å². The van der Waals surface area contributed by atoms with Gasteiger partial charge in [0.25, 0.3) is 5.56 Å². The molecule has 4 N–H and O–H groups in total. The first-order chi connectivity index (χ1) is 23.8. The van der Waals surface area contributed by atoms with Crippen molar-refractivity contribution in [1.82, 2.24) is 24.4 Å². The zero-order chi connectivity index (χ0) is 33.9. The molecule has 1 aliphatic heterocycles. The average Bonchev–Trinajstić information content (AvgIpc) is 3.45. The fourth-order valence-electron chi connectivity index (χ4n) is 6.61. The molecule has 2 aromatic heterocycles. The van der Waals surface area contributed by atoms with Gasteiger partial charge in [-0.05, 0) is 54.3 Å². The number of hydrogen-bond acceptors (Lipinski definition) is 6. The van der Waals surface area contributed by atoms with E-state index in [1.165, 1.54) is 0 Å². The van der Waals surface area contributed by atoms with Gasteiger partial charge in [0.05, 0.1) is 22.4 Å². The van der Waals surface area contributed by atoms with Crippen LogP contribution in [0.3, 0.4) is 0 Å². The van der Waals surface area contributed by atoms with Gasteiger partial charge in [0.15, 0.2) is 0 Å². The van der Waals surface area contributed by atoms with Gasteiger partial charge in [-0.3, -0.25) is 19.1 Å². The van der Waals surface area contributed by atoms with E-state index in [1.807, 2.05) is 60.0 Å². The number of aromatic nitrogens is 4. The summed E-state index contributed by atoms with van der Waals surface area (Å²) in [6.07, 6.45) is 2.40. The van der Waals surface area contributed by atoms with E-state index in [1.54, 1.807) is 24.3 Å². The second-order valence-electron chi connectivity index (χ2n) is 12.6. The summed E-state index contributed by atoms with van der Waals surface area (Å²) in [5.74, 6) is 0.112. The van der Waals surface area contributed by atoms with Crippen molar-refractivity contribution < 1.29 is 9.90 Å². The van der Waals surface area contributed by atoms with Gasteiger partial charge in [-0.25, -0.2) is 9.78 Å². The highest BCUT2D eigenvalue weighted by molar-refractivity contribution is 5.93. The lowest BCUT2D eigenvalue weighted by Crippen LogP contribution is -2.36. The van der Waals surface area contributed by atoms with Crippen LogP contribution in [0, 0.1) is 0 Å². The van der Waals surface area contributed by atoms with Gasteiger partial charge in [-0.1, -0.05) is 73.7 Å². The third-order valence-corrected chi connectivity index (χ3v) is 9.23. The zero-order valence-corrected chi connectivity index (χ0v) is 27.3. The second kappa shape index (κ2) is 13.8. The van der Waals surface area contributed by atoms with E-state index in [9.17, 15) is 19.5 Å². The maximum atomic E-state index is 13.2. The summed E-state index contributed by atoms with van der Waals surface area (Å²) in [6, 6.07) is 30.5. The first-order valence-electron chi connectivity index (χ1n) is 16.7. The number of H-pyrrole nitrogens is 2.